The Morgan fingerprint density at radius 3 is 2.58 bits per heavy atom. The maximum absolute atomic E-state index is 13.3. The molecule has 0 spiro atoms. The standard InChI is InChI=1S/C26H23IN2O6S/c1-4-12-35-18-7-5-6-16(13-18)21(30)19-20(15-8-10-17(27)11-9-15)29(24(32)22(19)31)26-28-14(2)23(36-26)25(33)34-3/h5-11,13,20,30H,4,12H2,1-3H3/b21-19+. The normalized spacial score (nSPS) is 16.9. The molecule has 2 aromatic carbocycles. The molecule has 0 radical (unpaired) electrons. The molecule has 1 aromatic heterocycles. The number of benzene rings is 2. The van der Waals surface area contributed by atoms with Crippen molar-refractivity contribution in [3.8, 4) is 5.75 Å². The van der Waals surface area contributed by atoms with Crippen molar-refractivity contribution in [2.24, 2.45) is 0 Å². The van der Waals surface area contributed by atoms with Crippen molar-refractivity contribution in [3.05, 3.63) is 79.4 Å². The fourth-order valence-corrected chi connectivity index (χ4v) is 5.24. The van der Waals surface area contributed by atoms with E-state index in [-0.39, 0.29) is 21.3 Å². The molecule has 1 atom stereocenters. The number of esters is 1. The van der Waals surface area contributed by atoms with Crippen molar-refractivity contribution in [2.45, 2.75) is 26.3 Å². The predicted molar refractivity (Wildman–Crippen MR) is 144 cm³/mol. The number of hydrogen-bond acceptors (Lipinski definition) is 8. The summed E-state index contributed by atoms with van der Waals surface area (Å²) in [4.78, 5) is 44.7. The molecule has 0 bridgehead atoms. The van der Waals surface area contributed by atoms with Crippen molar-refractivity contribution in [1.82, 2.24) is 4.98 Å². The van der Waals surface area contributed by atoms with Crippen molar-refractivity contribution in [2.75, 3.05) is 18.6 Å². The van der Waals surface area contributed by atoms with E-state index in [1.165, 1.54) is 12.0 Å². The number of hydrogen-bond donors (Lipinski definition) is 1. The Balaban J connectivity index is 1.89. The maximum atomic E-state index is 13.3. The molecule has 1 aliphatic rings. The number of halogens is 1. The van der Waals surface area contributed by atoms with Gasteiger partial charge in [0.1, 0.15) is 16.4 Å². The lowest BCUT2D eigenvalue weighted by molar-refractivity contribution is -0.132. The molecule has 1 unspecified atom stereocenters. The van der Waals surface area contributed by atoms with Crippen molar-refractivity contribution >= 4 is 62.5 Å². The fraction of sp³-hybridized carbons (Fsp3) is 0.231. The number of anilines is 1. The number of Topliss-reactive ketones (excluding diaryl/α,β-unsaturated/α-hetero) is 1. The van der Waals surface area contributed by atoms with Gasteiger partial charge in [0.2, 0.25) is 0 Å². The van der Waals surface area contributed by atoms with Crippen LogP contribution in [0, 0.1) is 10.5 Å². The number of amides is 1. The molecule has 1 amide bonds. The van der Waals surface area contributed by atoms with Crippen LogP contribution >= 0.6 is 33.9 Å². The first-order chi connectivity index (χ1) is 17.3. The molecule has 1 N–H and O–H groups in total. The maximum Gasteiger partial charge on any atom is 0.350 e. The molecule has 1 fully saturated rings. The minimum absolute atomic E-state index is 0.0682. The van der Waals surface area contributed by atoms with Crippen molar-refractivity contribution in [1.29, 1.82) is 0 Å². The second-order valence-electron chi connectivity index (χ2n) is 8.00. The number of ether oxygens (including phenoxy) is 2. The van der Waals surface area contributed by atoms with E-state index in [1.807, 2.05) is 19.1 Å². The molecule has 0 aliphatic carbocycles. The zero-order chi connectivity index (χ0) is 26.0. The van der Waals surface area contributed by atoms with Gasteiger partial charge in [-0.15, -0.1) is 0 Å². The number of nitrogens with zero attached hydrogens (tertiary/aromatic N) is 2. The summed E-state index contributed by atoms with van der Waals surface area (Å²) in [6.07, 6.45) is 0.814. The Bertz CT molecular complexity index is 1370. The monoisotopic (exact) mass is 618 g/mol. The van der Waals surface area contributed by atoms with E-state index in [0.29, 0.717) is 29.2 Å². The molecule has 3 aromatic rings. The number of ketones is 1. The minimum Gasteiger partial charge on any atom is -0.507 e. The van der Waals surface area contributed by atoms with Gasteiger partial charge in [-0.3, -0.25) is 14.5 Å². The lowest BCUT2D eigenvalue weighted by Gasteiger charge is -2.23. The van der Waals surface area contributed by atoms with Gasteiger partial charge in [-0.05, 0) is 65.8 Å². The Hall–Kier alpha value is -3.25. The number of aliphatic hydroxyl groups is 1. The molecular formula is C26H23IN2O6S. The van der Waals surface area contributed by atoms with Crippen LogP contribution in [0.2, 0.25) is 0 Å². The van der Waals surface area contributed by atoms with E-state index < -0.39 is 23.7 Å². The van der Waals surface area contributed by atoms with Crippen molar-refractivity contribution in [3.63, 3.8) is 0 Å². The summed E-state index contributed by atoms with van der Waals surface area (Å²) < 4.78 is 11.5. The van der Waals surface area contributed by atoms with Crippen LogP contribution < -0.4 is 9.64 Å². The number of aliphatic hydroxyl groups excluding tert-OH is 1. The smallest absolute Gasteiger partial charge is 0.350 e. The van der Waals surface area contributed by atoms with E-state index in [2.05, 4.69) is 27.6 Å². The fourth-order valence-electron chi connectivity index (χ4n) is 3.87. The zero-order valence-electron chi connectivity index (χ0n) is 19.8. The summed E-state index contributed by atoms with van der Waals surface area (Å²) in [7, 11) is 1.26. The molecule has 4 rings (SSSR count). The minimum atomic E-state index is -0.946. The summed E-state index contributed by atoms with van der Waals surface area (Å²) in [6.45, 7) is 4.12. The van der Waals surface area contributed by atoms with Crippen LogP contribution in [-0.4, -0.2) is 41.5 Å². The topological polar surface area (TPSA) is 106 Å². The number of carbonyl (C=O) groups is 3. The van der Waals surface area contributed by atoms with Gasteiger partial charge >= 0.3 is 11.9 Å². The van der Waals surface area contributed by atoms with E-state index in [0.717, 1.165) is 21.3 Å². The van der Waals surface area contributed by atoms with Crippen LogP contribution in [0.5, 0.6) is 5.75 Å². The van der Waals surface area contributed by atoms with Crippen LogP contribution in [-0.2, 0) is 14.3 Å². The first-order valence-corrected chi connectivity index (χ1v) is 13.0. The Kier molecular flexibility index (Phi) is 7.74. The number of aromatic nitrogens is 1. The van der Waals surface area contributed by atoms with Crippen LogP contribution in [0.25, 0.3) is 5.76 Å². The van der Waals surface area contributed by atoms with Gasteiger partial charge in [0.15, 0.2) is 5.13 Å². The predicted octanol–water partition coefficient (Wildman–Crippen LogP) is 5.26. The molecule has 8 nitrogen and oxygen atoms in total. The zero-order valence-corrected chi connectivity index (χ0v) is 22.8. The molecule has 1 saturated heterocycles. The number of carbonyl (C=O) groups excluding carboxylic acids is 3. The van der Waals surface area contributed by atoms with Gasteiger partial charge in [0, 0.05) is 9.13 Å². The third kappa shape index (κ3) is 4.87. The van der Waals surface area contributed by atoms with Gasteiger partial charge in [-0.1, -0.05) is 42.5 Å². The van der Waals surface area contributed by atoms with Crippen LogP contribution in [0.15, 0.2) is 54.1 Å². The lowest BCUT2D eigenvalue weighted by atomic mass is 9.95. The Morgan fingerprint density at radius 1 is 1.19 bits per heavy atom. The van der Waals surface area contributed by atoms with E-state index in [1.54, 1.807) is 43.3 Å². The molecule has 36 heavy (non-hydrogen) atoms. The third-order valence-electron chi connectivity index (χ3n) is 5.57. The summed E-state index contributed by atoms with van der Waals surface area (Å²) >= 11 is 3.12. The molecule has 2 heterocycles. The summed E-state index contributed by atoms with van der Waals surface area (Å²) in [5.74, 6) is -2.04. The Morgan fingerprint density at radius 2 is 1.92 bits per heavy atom. The number of aryl methyl sites for hydroxylation is 1. The third-order valence-corrected chi connectivity index (χ3v) is 7.43. The second kappa shape index (κ2) is 10.8. The molecule has 0 saturated carbocycles. The largest absolute Gasteiger partial charge is 0.507 e. The van der Waals surface area contributed by atoms with Crippen molar-refractivity contribution < 1.29 is 29.0 Å². The number of methoxy groups -OCH3 is 1. The summed E-state index contributed by atoms with van der Waals surface area (Å²) in [6, 6.07) is 13.1. The SMILES string of the molecule is CCCOc1cccc(/C(O)=C2\C(=O)C(=O)N(c3nc(C)c(C(=O)OC)s3)C2c2ccc(I)cc2)c1. The quantitative estimate of drug-likeness (QED) is 0.127. The molecule has 10 heteroatoms. The van der Waals surface area contributed by atoms with Gasteiger partial charge in [0.05, 0.1) is 31.0 Å². The van der Waals surface area contributed by atoms with Gasteiger partial charge in [-0.2, -0.15) is 0 Å². The van der Waals surface area contributed by atoms with Gasteiger partial charge in [0.25, 0.3) is 5.78 Å². The first-order valence-electron chi connectivity index (χ1n) is 11.1. The highest BCUT2D eigenvalue weighted by Gasteiger charge is 2.48. The summed E-state index contributed by atoms with van der Waals surface area (Å²) in [5.41, 5.74) is 1.27. The molecular weight excluding hydrogens is 595 g/mol. The Labute approximate surface area is 225 Å². The number of rotatable bonds is 7. The highest BCUT2D eigenvalue weighted by atomic mass is 127. The van der Waals surface area contributed by atoms with Crippen LogP contribution in [0.4, 0.5) is 5.13 Å². The van der Waals surface area contributed by atoms with Gasteiger partial charge in [-0.25, -0.2) is 9.78 Å². The number of thiazole rings is 1. The lowest BCUT2D eigenvalue weighted by Crippen LogP contribution is -2.29. The summed E-state index contributed by atoms with van der Waals surface area (Å²) in [5, 5.41) is 11.5. The van der Waals surface area contributed by atoms with Gasteiger partial charge < -0.3 is 14.6 Å². The first kappa shape index (κ1) is 25.8. The highest BCUT2D eigenvalue weighted by molar-refractivity contribution is 14.1. The molecule has 1 aliphatic heterocycles. The van der Waals surface area contributed by atoms with Crippen LogP contribution in [0.3, 0.4) is 0 Å². The van der Waals surface area contributed by atoms with Crippen LogP contribution in [0.1, 0.15) is 45.9 Å². The van der Waals surface area contributed by atoms with E-state index >= 15 is 0 Å². The highest BCUT2D eigenvalue weighted by Crippen LogP contribution is 2.44. The average Bonchev–Trinajstić information content (AvgIpc) is 3.39. The average molecular weight is 618 g/mol. The second-order valence-corrected chi connectivity index (χ2v) is 10.2. The molecule has 186 valence electrons. The van der Waals surface area contributed by atoms with E-state index in [4.69, 9.17) is 9.47 Å². The van der Waals surface area contributed by atoms with E-state index in [9.17, 15) is 19.5 Å².